The van der Waals surface area contributed by atoms with E-state index in [2.05, 4.69) is 6.08 Å². The SMILES string of the molecule is O=C1N(Cc2ccc(C(F)(F)F)o2)c2ccccc2C12C=C1CCOC13C=CCCC3O2. The van der Waals surface area contributed by atoms with Crippen molar-refractivity contribution in [3.8, 4) is 0 Å². The average molecular weight is 443 g/mol. The molecule has 0 saturated carbocycles. The Morgan fingerprint density at radius 2 is 2.00 bits per heavy atom. The summed E-state index contributed by atoms with van der Waals surface area (Å²) < 4.78 is 56.6. The van der Waals surface area contributed by atoms with Gasteiger partial charge >= 0.3 is 6.18 Å². The van der Waals surface area contributed by atoms with Gasteiger partial charge in [0.2, 0.25) is 5.76 Å². The minimum absolute atomic E-state index is 0.0557. The topological polar surface area (TPSA) is 51.9 Å². The highest BCUT2D eigenvalue weighted by atomic mass is 19.4. The summed E-state index contributed by atoms with van der Waals surface area (Å²) in [4.78, 5) is 15.3. The van der Waals surface area contributed by atoms with E-state index in [1.807, 2.05) is 24.3 Å². The Hall–Kier alpha value is -2.84. The molecule has 4 aliphatic rings. The molecule has 166 valence electrons. The zero-order chi connectivity index (χ0) is 22.1. The first kappa shape index (κ1) is 19.8. The van der Waals surface area contributed by atoms with E-state index in [-0.39, 0.29) is 24.3 Å². The molecule has 2 spiro atoms. The zero-order valence-corrected chi connectivity index (χ0v) is 17.0. The number of ether oxygens (including phenoxy) is 2. The molecule has 0 bridgehead atoms. The smallest absolute Gasteiger partial charge is 0.449 e. The van der Waals surface area contributed by atoms with Gasteiger partial charge in [-0.1, -0.05) is 30.4 Å². The van der Waals surface area contributed by atoms with Gasteiger partial charge in [-0.25, -0.2) is 0 Å². The molecule has 1 aromatic carbocycles. The van der Waals surface area contributed by atoms with Crippen LogP contribution in [0.5, 0.6) is 0 Å². The van der Waals surface area contributed by atoms with Crippen molar-refractivity contribution in [3.63, 3.8) is 0 Å². The lowest BCUT2D eigenvalue weighted by molar-refractivity contribution is -0.170. The normalized spacial score (nSPS) is 31.0. The summed E-state index contributed by atoms with van der Waals surface area (Å²) in [6.07, 6.45) is 3.35. The molecule has 6 rings (SSSR count). The van der Waals surface area contributed by atoms with E-state index in [0.717, 1.165) is 24.5 Å². The Balaban J connectivity index is 1.43. The minimum Gasteiger partial charge on any atom is -0.455 e. The van der Waals surface area contributed by atoms with Gasteiger partial charge in [0.1, 0.15) is 11.4 Å². The van der Waals surface area contributed by atoms with Crippen molar-refractivity contribution in [1.82, 2.24) is 0 Å². The number of alkyl halides is 3. The molecule has 8 heteroatoms. The highest BCUT2D eigenvalue weighted by Gasteiger charge is 2.60. The van der Waals surface area contributed by atoms with Crippen LogP contribution in [-0.2, 0) is 32.6 Å². The summed E-state index contributed by atoms with van der Waals surface area (Å²) in [5.41, 5.74) is 0.368. The van der Waals surface area contributed by atoms with Crippen LogP contribution >= 0.6 is 0 Å². The molecule has 0 radical (unpaired) electrons. The molecule has 3 aliphatic heterocycles. The highest BCUT2D eigenvalue weighted by Crippen LogP contribution is 2.54. The van der Waals surface area contributed by atoms with Crippen molar-refractivity contribution in [2.24, 2.45) is 0 Å². The van der Waals surface area contributed by atoms with Crippen LogP contribution in [0.3, 0.4) is 0 Å². The van der Waals surface area contributed by atoms with Crippen LogP contribution in [0.4, 0.5) is 18.9 Å². The molecule has 3 atom stereocenters. The quantitative estimate of drug-likeness (QED) is 0.622. The van der Waals surface area contributed by atoms with E-state index in [4.69, 9.17) is 13.9 Å². The Labute approximate surface area is 182 Å². The number of hydrogen-bond acceptors (Lipinski definition) is 4. The molecule has 4 heterocycles. The summed E-state index contributed by atoms with van der Waals surface area (Å²) in [6.45, 7) is 0.435. The third-order valence-electron chi connectivity index (χ3n) is 6.77. The number of para-hydroxylation sites is 1. The zero-order valence-electron chi connectivity index (χ0n) is 17.0. The summed E-state index contributed by atoms with van der Waals surface area (Å²) in [7, 11) is 0. The van der Waals surface area contributed by atoms with E-state index in [1.54, 1.807) is 12.1 Å². The van der Waals surface area contributed by atoms with Crippen LogP contribution in [0.25, 0.3) is 0 Å². The molecule has 2 aromatic rings. The van der Waals surface area contributed by atoms with Crippen LogP contribution in [0, 0.1) is 0 Å². The van der Waals surface area contributed by atoms with E-state index >= 15 is 0 Å². The van der Waals surface area contributed by atoms with E-state index in [9.17, 15) is 18.0 Å². The van der Waals surface area contributed by atoms with Crippen molar-refractivity contribution in [3.05, 3.63) is 77.3 Å². The molecule has 1 fully saturated rings. The molecule has 3 unspecified atom stereocenters. The third kappa shape index (κ3) is 2.62. The van der Waals surface area contributed by atoms with E-state index in [0.29, 0.717) is 24.3 Å². The number of benzene rings is 1. The van der Waals surface area contributed by atoms with E-state index < -0.39 is 23.1 Å². The van der Waals surface area contributed by atoms with Crippen molar-refractivity contribution in [2.75, 3.05) is 11.5 Å². The number of carbonyl (C=O) groups excluding carboxylic acids is 1. The highest BCUT2D eigenvalue weighted by molar-refractivity contribution is 6.08. The molecule has 1 amide bonds. The first-order valence-corrected chi connectivity index (χ1v) is 10.6. The Kier molecular flexibility index (Phi) is 4.08. The van der Waals surface area contributed by atoms with Gasteiger partial charge in [0.25, 0.3) is 5.91 Å². The van der Waals surface area contributed by atoms with Crippen LogP contribution in [0.1, 0.15) is 36.3 Å². The Morgan fingerprint density at radius 1 is 1.16 bits per heavy atom. The second-order valence-electron chi connectivity index (χ2n) is 8.56. The number of rotatable bonds is 2. The summed E-state index contributed by atoms with van der Waals surface area (Å²) in [6, 6.07) is 9.40. The fourth-order valence-electron chi connectivity index (χ4n) is 5.37. The van der Waals surface area contributed by atoms with Crippen LogP contribution < -0.4 is 4.90 Å². The number of carbonyl (C=O) groups is 1. The summed E-state index contributed by atoms with van der Waals surface area (Å²) in [5.74, 6) is -1.36. The predicted molar refractivity (Wildman–Crippen MR) is 108 cm³/mol. The van der Waals surface area contributed by atoms with Gasteiger partial charge in [0.15, 0.2) is 5.60 Å². The maximum atomic E-state index is 13.8. The molecular weight excluding hydrogens is 423 g/mol. The van der Waals surface area contributed by atoms with Crippen LogP contribution in [-0.4, -0.2) is 24.2 Å². The maximum Gasteiger partial charge on any atom is 0.449 e. The minimum atomic E-state index is -4.58. The average Bonchev–Trinajstić information content (AvgIpc) is 3.46. The van der Waals surface area contributed by atoms with Gasteiger partial charge in [-0.2, -0.15) is 13.2 Å². The Morgan fingerprint density at radius 3 is 2.81 bits per heavy atom. The lowest BCUT2D eigenvalue weighted by Crippen LogP contribution is -2.55. The van der Waals surface area contributed by atoms with Gasteiger partial charge in [0.05, 0.1) is 24.9 Å². The summed E-state index contributed by atoms with van der Waals surface area (Å²) >= 11 is 0. The van der Waals surface area contributed by atoms with E-state index in [1.165, 1.54) is 11.0 Å². The monoisotopic (exact) mass is 443 g/mol. The molecule has 5 nitrogen and oxygen atoms in total. The first-order valence-electron chi connectivity index (χ1n) is 10.6. The molecule has 1 aliphatic carbocycles. The fraction of sp³-hybridized carbons (Fsp3) is 0.375. The van der Waals surface area contributed by atoms with Crippen molar-refractivity contribution in [2.45, 2.75) is 49.3 Å². The van der Waals surface area contributed by atoms with Crippen LogP contribution in [0.2, 0.25) is 0 Å². The molecule has 32 heavy (non-hydrogen) atoms. The predicted octanol–water partition coefficient (Wildman–Crippen LogP) is 4.87. The van der Waals surface area contributed by atoms with Crippen molar-refractivity contribution in [1.29, 1.82) is 0 Å². The van der Waals surface area contributed by atoms with Crippen molar-refractivity contribution < 1.29 is 31.9 Å². The number of fused-ring (bicyclic) bond motifs is 2. The first-order chi connectivity index (χ1) is 15.3. The second kappa shape index (κ2) is 6.59. The van der Waals surface area contributed by atoms with Gasteiger partial charge in [0, 0.05) is 5.56 Å². The Bertz CT molecular complexity index is 1170. The second-order valence-corrected chi connectivity index (χ2v) is 8.56. The number of nitrogens with zero attached hydrogens (tertiary/aromatic N) is 1. The molecule has 1 aromatic heterocycles. The molecular formula is C24H20F3NO4. The lowest BCUT2D eigenvalue weighted by Gasteiger charge is -2.46. The number of furan rings is 1. The lowest BCUT2D eigenvalue weighted by atomic mass is 9.75. The largest absolute Gasteiger partial charge is 0.455 e. The standard InChI is InChI=1S/C24H20F3NO4/c25-24(26,27)20-9-8-16(31-20)14-28-18-6-2-1-5-17(18)23(21(28)29)13-15-10-12-30-22(15)11-4-3-7-19(22)32-23/h1-2,4-6,8-9,11,13,19H,3,7,10,12,14H2. The molecule has 1 saturated heterocycles. The van der Waals surface area contributed by atoms with Gasteiger partial charge in [-0.3, -0.25) is 4.79 Å². The van der Waals surface area contributed by atoms with Gasteiger partial charge in [-0.05, 0) is 49.1 Å². The van der Waals surface area contributed by atoms with Gasteiger partial charge < -0.3 is 18.8 Å². The number of hydrogen-bond donors (Lipinski definition) is 0. The summed E-state index contributed by atoms with van der Waals surface area (Å²) in [5, 5.41) is 0. The number of amides is 1. The third-order valence-corrected chi connectivity index (χ3v) is 6.77. The number of allylic oxidation sites excluding steroid dienone is 1. The fourth-order valence-corrected chi connectivity index (χ4v) is 5.37. The molecule has 0 N–H and O–H groups in total. The van der Waals surface area contributed by atoms with Crippen molar-refractivity contribution >= 4 is 11.6 Å². The number of halogens is 3. The number of anilines is 1. The van der Waals surface area contributed by atoms with Gasteiger partial charge in [-0.15, -0.1) is 0 Å². The maximum absolute atomic E-state index is 13.8. The van der Waals surface area contributed by atoms with Crippen LogP contribution in [0.15, 0.2) is 64.6 Å².